The monoisotopic (exact) mass is 468 g/mol. The lowest BCUT2D eigenvalue weighted by molar-refractivity contribution is -0.115. The highest BCUT2D eigenvalue weighted by Gasteiger charge is 2.22. The number of thioether (sulfide) groups is 1. The van der Waals surface area contributed by atoms with Crippen LogP contribution in [0.1, 0.15) is 40.7 Å². The number of likely N-dealkylation sites (tertiary alicyclic amines) is 1. The number of nitrogens with zero attached hydrogens (tertiary/aromatic N) is 1. The zero-order chi connectivity index (χ0) is 22.5. The molecular weight excluding hydrogens is 444 g/mol. The molecule has 2 heterocycles. The topological polar surface area (TPSA) is 67.9 Å². The van der Waals surface area contributed by atoms with Gasteiger partial charge in [-0.2, -0.15) is 0 Å². The van der Waals surface area contributed by atoms with E-state index in [9.17, 15) is 9.59 Å². The Labute approximate surface area is 197 Å². The van der Waals surface area contributed by atoms with Crippen LogP contribution in [0.2, 0.25) is 0 Å². The Kier molecular flexibility index (Phi) is 7.12. The summed E-state index contributed by atoms with van der Waals surface area (Å²) >= 11 is 6.26. The van der Waals surface area contributed by atoms with Crippen LogP contribution in [0.25, 0.3) is 6.08 Å². The van der Waals surface area contributed by atoms with Crippen molar-refractivity contribution < 1.29 is 19.1 Å². The number of thiocarbonyl (C=S) groups is 1. The molecule has 2 amide bonds. The Bertz CT molecular complexity index is 1060. The van der Waals surface area contributed by atoms with Gasteiger partial charge >= 0.3 is 0 Å². The van der Waals surface area contributed by atoms with Gasteiger partial charge in [0.15, 0.2) is 11.5 Å². The largest absolute Gasteiger partial charge is 0.493 e. The average Bonchev–Trinajstić information content (AvgIpc) is 3.14. The molecule has 0 aliphatic carbocycles. The van der Waals surface area contributed by atoms with E-state index in [2.05, 4.69) is 5.32 Å². The maximum absolute atomic E-state index is 12.6. The Morgan fingerprint density at radius 2 is 1.88 bits per heavy atom. The van der Waals surface area contributed by atoms with Crippen molar-refractivity contribution in [1.29, 1.82) is 0 Å². The normalized spacial score (nSPS) is 17.4. The van der Waals surface area contributed by atoms with Gasteiger partial charge in [-0.05, 0) is 60.7 Å². The van der Waals surface area contributed by atoms with E-state index in [0.29, 0.717) is 32.9 Å². The summed E-state index contributed by atoms with van der Waals surface area (Å²) < 4.78 is 11.9. The maximum Gasteiger partial charge on any atom is 0.263 e. The van der Waals surface area contributed by atoms with Gasteiger partial charge in [-0.1, -0.05) is 42.2 Å². The summed E-state index contributed by atoms with van der Waals surface area (Å²) in [5.74, 6) is 1.07. The minimum absolute atomic E-state index is 0.0958. The van der Waals surface area contributed by atoms with Crippen LogP contribution in [0, 0.1) is 0 Å². The van der Waals surface area contributed by atoms with Crippen molar-refractivity contribution >= 4 is 46.2 Å². The fourth-order valence-corrected chi connectivity index (χ4v) is 4.69. The van der Waals surface area contributed by atoms with Crippen LogP contribution in [0.15, 0.2) is 47.4 Å². The van der Waals surface area contributed by atoms with Crippen LogP contribution in [0.3, 0.4) is 0 Å². The van der Waals surface area contributed by atoms with E-state index in [1.165, 1.54) is 18.2 Å². The predicted octanol–water partition coefficient (Wildman–Crippen LogP) is 4.39. The van der Waals surface area contributed by atoms with Crippen LogP contribution >= 0.6 is 24.0 Å². The molecule has 0 saturated carbocycles. The first-order valence-electron chi connectivity index (χ1n) is 10.5. The minimum Gasteiger partial charge on any atom is -0.493 e. The lowest BCUT2D eigenvalue weighted by Gasteiger charge is -2.26. The minimum atomic E-state index is -0.193. The Morgan fingerprint density at radius 1 is 1.12 bits per heavy atom. The van der Waals surface area contributed by atoms with Crippen LogP contribution in [-0.2, 0) is 11.4 Å². The van der Waals surface area contributed by atoms with Crippen LogP contribution in [0.4, 0.5) is 0 Å². The summed E-state index contributed by atoms with van der Waals surface area (Å²) in [5.41, 5.74) is 2.48. The van der Waals surface area contributed by atoms with Crippen LogP contribution < -0.4 is 14.8 Å². The molecule has 2 fully saturated rings. The Balaban J connectivity index is 1.40. The van der Waals surface area contributed by atoms with Gasteiger partial charge in [0.2, 0.25) is 0 Å². The lowest BCUT2D eigenvalue weighted by Crippen LogP contribution is -2.35. The summed E-state index contributed by atoms with van der Waals surface area (Å²) in [7, 11) is 1.58. The standard InChI is InChI=1S/C24H24N2O4S2/c1-29-20-13-17(14-21-22(27)25-24(31)32-21)7-10-19(20)30-15-16-5-8-18(9-6-16)23(28)26-11-3-2-4-12-26/h5-10,13-14H,2-4,11-12,15H2,1H3,(H,25,27,31)/b21-14+. The van der Waals surface area contributed by atoms with Gasteiger partial charge in [-0.15, -0.1) is 0 Å². The second kappa shape index (κ2) is 10.2. The van der Waals surface area contributed by atoms with Gasteiger partial charge in [-0.25, -0.2) is 0 Å². The number of piperidine rings is 1. The maximum atomic E-state index is 12.6. The summed E-state index contributed by atoms with van der Waals surface area (Å²) in [6.45, 7) is 2.03. The molecule has 2 aliphatic heterocycles. The molecule has 0 aromatic heterocycles. The molecule has 0 atom stereocenters. The molecule has 2 aromatic rings. The van der Waals surface area contributed by atoms with E-state index in [1.807, 2.05) is 47.4 Å². The van der Waals surface area contributed by atoms with Gasteiger partial charge in [0.1, 0.15) is 10.9 Å². The molecule has 32 heavy (non-hydrogen) atoms. The third-order valence-corrected chi connectivity index (χ3v) is 6.53. The third-order valence-electron chi connectivity index (χ3n) is 5.37. The second-order valence-electron chi connectivity index (χ2n) is 7.60. The second-order valence-corrected chi connectivity index (χ2v) is 9.32. The highest BCUT2D eigenvalue weighted by atomic mass is 32.2. The fraction of sp³-hybridized carbons (Fsp3) is 0.292. The molecule has 6 nitrogen and oxygen atoms in total. The Hall–Kier alpha value is -2.84. The number of ether oxygens (including phenoxy) is 2. The number of rotatable bonds is 6. The number of hydrogen-bond acceptors (Lipinski definition) is 6. The van der Waals surface area contributed by atoms with Crippen molar-refractivity contribution in [3.05, 3.63) is 64.1 Å². The predicted molar refractivity (Wildman–Crippen MR) is 130 cm³/mol. The average molecular weight is 469 g/mol. The lowest BCUT2D eigenvalue weighted by atomic mass is 10.1. The highest BCUT2D eigenvalue weighted by Crippen LogP contribution is 2.32. The molecular formula is C24H24N2O4S2. The van der Waals surface area contributed by atoms with E-state index in [4.69, 9.17) is 21.7 Å². The first-order chi connectivity index (χ1) is 15.5. The zero-order valence-electron chi connectivity index (χ0n) is 17.8. The number of carbonyl (C=O) groups is 2. The molecule has 0 radical (unpaired) electrons. The van der Waals surface area contributed by atoms with Crippen molar-refractivity contribution in [2.75, 3.05) is 20.2 Å². The molecule has 0 unspecified atom stereocenters. The smallest absolute Gasteiger partial charge is 0.263 e. The molecule has 2 aromatic carbocycles. The van der Waals surface area contributed by atoms with E-state index in [1.54, 1.807) is 13.2 Å². The first-order valence-corrected chi connectivity index (χ1v) is 11.7. The van der Waals surface area contributed by atoms with Gasteiger partial charge < -0.3 is 19.7 Å². The molecule has 0 bridgehead atoms. The quantitative estimate of drug-likeness (QED) is 0.501. The molecule has 8 heteroatoms. The molecule has 166 valence electrons. The van der Waals surface area contributed by atoms with Crippen molar-refractivity contribution in [2.24, 2.45) is 0 Å². The third kappa shape index (κ3) is 5.31. The number of hydrogen-bond donors (Lipinski definition) is 1. The summed E-state index contributed by atoms with van der Waals surface area (Å²) in [6, 6.07) is 13.0. The summed E-state index contributed by atoms with van der Waals surface area (Å²) in [4.78, 5) is 26.9. The number of methoxy groups -OCH3 is 1. The zero-order valence-corrected chi connectivity index (χ0v) is 19.4. The van der Waals surface area contributed by atoms with Crippen molar-refractivity contribution in [3.8, 4) is 11.5 Å². The number of amides is 2. The van der Waals surface area contributed by atoms with Crippen LogP contribution in [0.5, 0.6) is 11.5 Å². The molecule has 0 spiro atoms. The SMILES string of the molecule is COc1cc(/C=C2/SC(=S)NC2=O)ccc1OCc1ccc(C(=O)N2CCCCC2)cc1. The van der Waals surface area contributed by atoms with E-state index in [-0.39, 0.29) is 11.8 Å². The molecule has 2 saturated heterocycles. The first kappa shape index (κ1) is 22.4. The molecule has 1 N–H and O–H groups in total. The highest BCUT2D eigenvalue weighted by molar-refractivity contribution is 8.26. The van der Waals surface area contributed by atoms with Crippen molar-refractivity contribution in [3.63, 3.8) is 0 Å². The van der Waals surface area contributed by atoms with Gasteiger partial charge in [-0.3, -0.25) is 9.59 Å². The number of carbonyl (C=O) groups excluding carboxylic acids is 2. The van der Waals surface area contributed by atoms with E-state index < -0.39 is 0 Å². The number of nitrogens with one attached hydrogen (secondary N) is 1. The fourth-order valence-electron chi connectivity index (χ4n) is 3.65. The summed E-state index contributed by atoms with van der Waals surface area (Å²) in [5, 5.41) is 2.60. The molecule has 4 rings (SSSR count). The van der Waals surface area contributed by atoms with Crippen molar-refractivity contribution in [1.82, 2.24) is 10.2 Å². The van der Waals surface area contributed by atoms with Gasteiger partial charge in [0.05, 0.1) is 12.0 Å². The summed E-state index contributed by atoms with van der Waals surface area (Å²) in [6.07, 6.45) is 5.12. The van der Waals surface area contributed by atoms with Gasteiger partial charge in [0, 0.05) is 18.7 Å². The van der Waals surface area contributed by atoms with Crippen molar-refractivity contribution in [2.45, 2.75) is 25.9 Å². The number of benzene rings is 2. The Morgan fingerprint density at radius 3 is 2.53 bits per heavy atom. The van der Waals surface area contributed by atoms with Gasteiger partial charge in [0.25, 0.3) is 11.8 Å². The molecule has 2 aliphatic rings. The van der Waals surface area contributed by atoms with E-state index in [0.717, 1.165) is 37.1 Å². The van der Waals surface area contributed by atoms with Crippen LogP contribution in [-0.4, -0.2) is 41.2 Å². The van der Waals surface area contributed by atoms with E-state index >= 15 is 0 Å².